The molecule has 5 rings (SSSR count). The normalized spacial score (nSPS) is 11.3. The first-order valence-electron chi connectivity index (χ1n) is 12.0. The quantitative estimate of drug-likeness (QED) is 0.214. The molecular formula is C30H27FN4O2. The van der Waals surface area contributed by atoms with Gasteiger partial charge in [-0.25, -0.2) is 4.39 Å². The van der Waals surface area contributed by atoms with E-state index in [0.29, 0.717) is 22.3 Å². The third kappa shape index (κ3) is 4.51. The van der Waals surface area contributed by atoms with E-state index in [9.17, 15) is 14.0 Å². The zero-order chi connectivity index (χ0) is 26.3. The standard InChI is InChI=1S/C30H27FN4O2/c1-16(2)33-20-11-12-23-26(15-20)34-28-24(29(32)36)14-13-22(27(23)28)21-5-4-6-25(17(21)3)35-30(37)18-7-9-19(31)10-8-18/h4-16,33-34H,1-3H3,(H2,32,36)(H,35,37). The summed E-state index contributed by atoms with van der Waals surface area (Å²) in [6.07, 6.45) is 0. The van der Waals surface area contributed by atoms with Gasteiger partial charge in [0.15, 0.2) is 0 Å². The number of amides is 2. The number of benzene rings is 4. The maximum absolute atomic E-state index is 13.3. The number of hydrogen-bond donors (Lipinski definition) is 4. The Morgan fingerprint density at radius 1 is 0.946 bits per heavy atom. The Morgan fingerprint density at radius 2 is 1.70 bits per heavy atom. The van der Waals surface area contributed by atoms with Crippen LogP contribution in [0.3, 0.4) is 0 Å². The lowest BCUT2D eigenvalue weighted by molar-refractivity contribution is 0.0999. The highest BCUT2D eigenvalue weighted by atomic mass is 19.1. The van der Waals surface area contributed by atoms with Crippen molar-refractivity contribution in [2.75, 3.05) is 10.6 Å². The Hall–Kier alpha value is -4.65. The molecule has 2 amide bonds. The summed E-state index contributed by atoms with van der Waals surface area (Å²) in [4.78, 5) is 28.5. The van der Waals surface area contributed by atoms with Crippen molar-refractivity contribution in [1.29, 1.82) is 0 Å². The zero-order valence-electron chi connectivity index (χ0n) is 20.8. The third-order valence-corrected chi connectivity index (χ3v) is 6.45. The second kappa shape index (κ2) is 9.43. The minimum absolute atomic E-state index is 0.272. The Bertz CT molecular complexity index is 1670. The summed E-state index contributed by atoms with van der Waals surface area (Å²) in [5.74, 6) is -1.24. The van der Waals surface area contributed by atoms with Crippen LogP contribution in [0, 0.1) is 12.7 Å². The average Bonchev–Trinajstić information content (AvgIpc) is 3.23. The molecule has 5 N–H and O–H groups in total. The summed E-state index contributed by atoms with van der Waals surface area (Å²) in [6.45, 7) is 6.08. The molecule has 0 saturated carbocycles. The molecule has 0 aliphatic carbocycles. The van der Waals surface area contributed by atoms with Crippen LogP contribution in [0.5, 0.6) is 0 Å². The molecule has 7 heteroatoms. The fraction of sp³-hybridized carbons (Fsp3) is 0.133. The van der Waals surface area contributed by atoms with Gasteiger partial charge >= 0.3 is 0 Å². The molecule has 0 unspecified atom stereocenters. The Balaban J connectivity index is 1.64. The van der Waals surface area contributed by atoms with Gasteiger partial charge in [-0.15, -0.1) is 0 Å². The van der Waals surface area contributed by atoms with E-state index in [1.54, 1.807) is 6.07 Å². The smallest absolute Gasteiger partial charge is 0.255 e. The number of rotatable bonds is 6. The minimum atomic E-state index is -0.513. The van der Waals surface area contributed by atoms with E-state index in [4.69, 9.17) is 5.73 Å². The van der Waals surface area contributed by atoms with Gasteiger partial charge in [-0.2, -0.15) is 0 Å². The number of halogens is 1. The van der Waals surface area contributed by atoms with Crippen molar-refractivity contribution < 1.29 is 14.0 Å². The van der Waals surface area contributed by atoms with E-state index >= 15 is 0 Å². The van der Waals surface area contributed by atoms with Gasteiger partial charge < -0.3 is 21.4 Å². The molecule has 5 aromatic rings. The van der Waals surface area contributed by atoms with Crippen LogP contribution >= 0.6 is 0 Å². The summed E-state index contributed by atoms with van der Waals surface area (Å²) >= 11 is 0. The topological polar surface area (TPSA) is 100 Å². The molecule has 1 aromatic heterocycles. The van der Waals surface area contributed by atoms with E-state index < -0.39 is 11.7 Å². The summed E-state index contributed by atoms with van der Waals surface area (Å²) in [5.41, 5.74) is 12.3. The number of H-pyrrole nitrogens is 1. The van der Waals surface area contributed by atoms with Crippen LogP contribution in [-0.4, -0.2) is 22.8 Å². The van der Waals surface area contributed by atoms with E-state index in [1.807, 2.05) is 49.4 Å². The summed E-state index contributed by atoms with van der Waals surface area (Å²) < 4.78 is 13.3. The number of anilines is 2. The molecule has 0 fully saturated rings. The number of carbonyl (C=O) groups is 2. The van der Waals surface area contributed by atoms with Crippen LogP contribution in [0.15, 0.2) is 72.8 Å². The van der Waals surface area contributed by atoms with Gasteiger partial charge in [0.1, 0.15) is 5.82 Å². The molecule has 0 radical (unpaired) electrons. The molecule has 0 bridgehead atoms. The first-order valence-corrected chi connectivity index (χ1v) is 12.0. The maximum atomic E-state index is 13.3. The van der Waals surface area contributed by atoms with Crippen molar-refractivity contribution >= 4 is 45.0 Å². The van der Waals surface area contributed by atoms with E-state index in [-0.39, 0.29) is 11.9 Å². The van der Waals surface area contributed by atoms with E-state index in [2.05, 4.69) is 29.5 Å². The molecule has 6 nitrogen and oxygen atoms in total. The zero-order valence-corrected chi connectivity index (χ0v) is 20.8. The number of fused-ring (bicyclic) bond motifs is 3. The van der Waals surface area contributed by atoms with Crippen molar-refractivity contribution in [2.45, 2.75) is 26.8 Å². The number of primary amides is 1. The van der Waals surface area contributed by atoms with Gasteiger partial charge in [0.2, 0.25) is 0 Å². The Morgan fingerprint density at radius 3 is 2.41 bits per heavy atom. The number of nitrogens with one attached hydrogen (secondary N) is 3. The van der Waals surface area contributed by atoms with Crippen molar-refractivity contribution in [3.05, 3.63) is 95.3 Å². The fourth-order valence-corrected chi connectivity index (χ4v) is 4.72. The molecule has 0 spiro atoms. The largest absolute Gasteiger partial charge is 0.383 e. The summed E-state index contributed by atoms with van der Waals surface area (Å²) in [6, 6.07) is 21.1. The lowest BCUT2D eigenvalue weighted by atomic mass is 9.93. The molecule has 37 heavy (non-hydrogen) atoms. The van der Waals surface area contributed by atoms with Crippen molar-refractivity contribution in [2.24, 2.45) is 5.73 Å². The Kier molecular flexibility index (Phi) is 6.13. The molecule has 0 atom stereocenters. The van der Waals surface area contributed by atoms with Crippen LogP contribution in [-0.2, 0) is 0 Å². The third-order valence-electron chi connectivity index (χ3n) is 6.45. The van der Waals surface area contributed by atoms with Gasteiger partial charge in [0, 0.05) is 39.3 Å². The number of nitrogens with two attached hydrogens (primary N) is 1. The van der Waals surface area contributed by atoms with Crippen molar-refractivity contribution in [1.82, 2.24) is 4.98 Å². The Labute approximate surface area is 213 Å². The molecule has 1 heterocycles. The summed E-state index contributed by atoms with van der Waals surface area (Å²) in [5, 5.41) is 8.19. The molecular weight excluding hydrogens is 467 g/mol. The molecule has 0 aliphatic rings. The number of hydrogen-bond acceptors (Lipinski definition) is 3. The van der Waals surface area contributed by atoms with Gasteiger partial charge in [0.05, 0.1) is 11.1 Å². The molecule has 186 valence electrons. The number of carbonyl (C=O) groups excluding carboxylic acids is 2. The van der Waals surface area contributed by atoms with E-state index in [0.717, 1.165) is 38.7 Å². The predicted octanol–water partition coefficient (Wildman–Crippen LogP) is 6.61. The average molecular weight is 495 g/mol. The first kappa shape index (κ1) is 24.1. The molecule has 4 aromatic carbocycles. The fourth-order valence-electron chi connectivity index (χ4n) is 4.72. The lowest BCUT2D eigenvalue weighted by Crippen LogP contribution is -2.13. The second-order valence-electron chi connectivity index (χ2n) is 9.40. The van der Waals surface area contributed by atoms with Crippen LogP contribution in [0.25, 0.3) is 32.9 Å². The van der Waals surface area contributed by atoms with Crippen LogP contribution in [0.4, 0.5) is 15.8 Å². The second-order valence-corrected chi connectivity index (χ2v) is 9.40. The van der Waals surface area contributed by atoms with Crippen molar-refractivity contribution in [3.63, 3.8) is 0 Å². The molecule has 0 saturated heterocycles. The number of aromatic nitrogens is 1. The van der Waals surface area contributed by atoms with Crippen LogP contribution in [0.1, 0.15) is 40.1 Å². The van der Waals surface area contributed by atoms with Gasteiger partial charge in [-0.1, -0.05) is 24.3 Å². The first-order chi connectivity index (χ1) is 17.7. The highest BCUT2D eigenvalue weighted by molar-refractivity contribution is 6.20. The van der Waals surface area contributed by atoms with Crippen LogP contribution in [0.2, 0.25) is 0 Å². The minimum Gasteiger partial charge on any atom is -0.383 e. The summed E-state index contributed by atoms with van der Waals surface area (Å²) in [7, 11) is 0. The monoisotopic (exact) mass is 494 g/mol. The predicted molar refractivity (Wildman–Crippen MR) is 148 cm³/mol. The number of aromatic amines is 1. The van der Waals surface area contributed by atoms with Gasteiger partial charge in [-0.3, -0.25) is 9.59 Å². The molecule has 0 aliphatic heterocycles. The van der Waals surface area contributed by atoms with Gasteiger partial charge in [0.25, 0.3) is 11.8 Å². The van der Waals surface area contributed by atoms with E-state index in [1.165, 1.54) is 24.3 Å². The maximum Gasteiger partial charge on any atom is 0.255 e. The van der Waals surface area contributed by atoms with Gasteiger partial charge in [-0.05, 0) is 86.0 Å². The highest BCUT2D eigenvalue weighted by Crippen LogP contribution is 2.39. The van der Waals surface area contributed by atoms with Crippen LogP contribution < -0.4 is 16.4 Å². The highest BCUT2D eigenvalue weighted by Gasteiger charge is 2.19. The lowest BCUT2D eigenvalue weighted by Gasteiger charge is -2.15. The van der Waals surface area contributed by atoms with Crippen molar-refractivity contribution in [3.8, 4) is 11.1 Å². The SMILES string of the molecule is Cc1c(NC(=O)c2ccc(F)cc2)cccc1-c1ccc(C(N)=O)c2[nH]c3cc(NC(C)C)ccc3c12.